The summed E-state index contributed by atoms with van der Waals surface area (Å²) in [6.45, 7) is 8.29. The van der Waals surface area contributed by atoms with Crippen LogP contribution in [0.25, 0.3) is 0 Å². The van der Waals surface area contributed by atoms with Crippen molar-refractivity contribution in [3.05, 3.63) is 0 Å². The molecule has 1 fully saturated rings. The first kappa shape index (κ1) is 17.4. The van der Waals surface area contributed by atoms with Gasteiger partial charge in [-0.1, -0.05) is 6.92 Å². The van der Waals surface area contributed by atoms with Crippen molar-refractivity contribution in [1.82, 2.24) is 9.21 Å². The van der Waals surface area contributed by atoms with Crippen LogP contribution in [0.4, 0.5) is 0 Å². The predicted octanol–water partition coefficient (Wildman–Crippen LogP) is 0.684. The van der Waals surface area contributed by atoms with Crippen molar-refractivity contribution >= 4 is 16.0 Å². The van der Waals surface area contributed by atoms with Crippen molar-refractivity contribution in [2.24, 2.45) is 0 Å². The van der Waals surface area contributed by atoms with Crippen molar-refractivity contribution in [2.45, 2.75) is 45.7 Å². The van der Waals surface area contributed by atoms with Crippen molar-refractivity contribution in [3.8, 4) is 0 Å². The van der Waals surface area contributed by atoms with E-state index < -0.39 is 10.0 Å². The lowest BCUT2D eigenvalue weighted by Crippen LogP contribution is -2.58. The fraction of sp³-hybridized carbons (Fsp3) is 0.923. The molecule has 118 valence electrons. The molecule has 0 unspecified atom stereocenters. The van der Waals surface area contributed by atoms with Crippen LogP contribution < -0.4 is 0 Å². The van der Waals surface area contributed by atoms with E-state index in [1.54, 1.807) is 4.31 Å². The zero-order valence-electron chi connectivity index (χ0n) is 12.8. The maximum absolute atomic E-state index is 12.4. The highest BCUT2D eigenvalue weighted by molar-refractivity contribution is 7.89. The molecule has 1 aliphatic rings. The SMILES string of the molecule is CCN1C[C@@H](C)N(S(=O)(=O)CCCC(=O)OC)C[C@@H]1C. The minimum atomic E-state index is -3.30. The Morgan fingerprint density at radius 2 is 1.90 bits per heavy atom. The number of esters is 1. The average Bonchev–Trinajstić information content (AvgIpc) is 2.40. The van der Waals surface area contributed by atoms with E-state index in [1.807, 2.05) is 13.8 Å². The number of nitrogens with zero attached hydrogens (tertiary/aromatic N) is 2. The van der Waals surface area contributed by atoms with Gasteiger partial charge in [0.2, 0.25) is 10.0 Å². The summed E-state index contributed by atoms with van der Waals surface area (Å²) in [6, 6.07) is 0.209. The number of ether oxygens (including phenoxy) is 1. The predicted molar refractivity (Wildman–Crippen MR) is 77.9 cm³/mol. The van der Waals surface area contributed by atoms with Gasteiger partial charge in [0, 0.05) is 31.6 Å². The highest BCUT2D eigenvalue weighted by Gasteiger charge is 2.35. The van der Waals surface area contributed by atoms with Gasteiger partial charge in [-0.3, -0.25) is 9.69 Å². The van der Waals surface area contributed by atoms with Gasteiger partial charge in [0.15, 0.2) is 0 Å². The molecule has 0 amide bonds. The Hall–Kier alpha value is -0.660. The zero-order valence-corrected chi connectivity index (χ0v) is 13.6. The van der Waals surface area contributed by atoms with Gasteiger partial charge in [0.05, 0.1) is 12.9 Å². The molecule has 1 rings (SSSR count). The second kappa shape index (κ2) is 7.38. The smallest absolute Gasteiger partial charge is 0.305 e. The Kier molecular flexibility index (Phi) is 6.42. The van der Waals surface area contributed by atoms with Gasteiger partial charge in [-0.2, -0.15) is 4.31 Å². The van der Waals surface area contributed by atoms with Gasteiger partial charge >= 0.3 is 5.97 Å². The number of sulfonamides is 1. The lowest BCUT2D eigenvalue weighted by Gasteiger charge is -2.42. The Bertz CT molecular complexity index is 424. The van der Waals surface area contributed by atoms with Crippen LogP contribution in [0.1, 0.15) is 33.6 Å². The van der Waals surface area contributed by atoms with Crippen LogP contribution in [0.3, 0.4) is 0 Å². The Labute approximate surface area is 122 Å². The summed E-state index contributed by atoms with van der Waals surface area (Å²) in [5, 5.41) is 0. The molecule has 7 heteroatoms. The maximum atomic E-state index is 12.4. The molecule has 0 N–H and O–H groups in total. The highest BCUT2D eigenvalue weighted by atomic mass is 32.2. The number of hydrogen-bond acceptors (Lipinski definition) is 5. The molecule has 2 atom stereocenters. The Morgan fingerprint density at radius 3 is 2.45 bits per heavy atom. The molecule has 0 bridgehead atoms. The number of methoxy groups -OCH3 is 1. The van der Waals surface area contributed by atoms with Gasteiger partial charge in [0.1, 0.15) is 0 Å². The van der Waals surface area contributed by atoms with E-state index in [-0.39, 0.29) is 30.2 Å². The molecular weight excluding hydrogens is 280 g/mol. The molecule has 0 aliphatic carbocycles. The van der Waals surface area contributed by atoms with Crippen LogP contribution in [0.15, 0.2) is 0 Å². The van der Waals surface area contributed by atoms with Crippen molar-refractivity contribution in [3.63, 3.8) is 0 Å². The Balaban J connectivity index is 2.61. The molecule has 1 heterocycles. The van der Waals surface area contributed by atoms with Crippen LogP contribution in [0.5, 0.6) is 0 Å². The minimum Gasteiger partial charge on any atom is -0.469 e. The first-order valence-corrected chi connectivity index (χ1v) is 8.73. The summed E-state index contributed by atoms with van der Waals surface area (Å²) in [4.78, 5) is 13.3. The maximum Gasteiger partial charge on any atom is 0.305 e. The molecule has 20 heavy (non-hydrogen) atoms. The van der Waals surface area contributed by atoms with Crippen LogP contribution in [0, 0.1) is 0 Å². The lowest BCUT2D eigenvalue weighted by atomic mass is 10.1. The first-order chi connectivity index (χ1) is 9.31. The monoisotopic (exact) mass is 306 g/mol. The molecular formula is C13H26N2O4S. The molecule has 1 aliphatic heterocycles. The number of hydrogen-bond donors (Lipinski definition) is 0. The summed E-state index contributed by atoms with van der Waals surface area (Å²) >= 11 is 0. The van der Waals surface area contributed by atoms with Crippen LogP contribution in [-0.2, 0) is 19.6 Å². The molecule has 0 radical (unpaired) electrons. The van der Waals surface area contributed by atoms with Gasteiger partial charge in [-0.15, -0.1) is 0 Å². The van der Waals surface area contributed by atoms with Crippen molar-refractivity contribution in [1.29, 1.82) is 0 Å². The van der Waals surface area contributed by atoms with E-state index in [0.29, 0.717) is 13.0 Å². The summed E-state index contributed by atoms with van der Waals surface area (Å²) in [5.74, 6) is -0.358. The summed E-state index contributed by atoms with van der Waals surface area (Å²) < 4.78 is 30.8. The lowest BCUT2D eigenvalue weighted by molar-refractivity contribution is -0.140. The third-order valence-electron chi connectivity index (χ3n) is 3.83. The quantitative estimate of drug-likeness (QED) is 0.675. The van der Waals surface area contributed by atoms with Crippen LogP contribution in [0.2, 0.25) is 0 Å². The third kappa shape index (κ3) is 4.43. The van der Waals surface area contributed by atoms with Crippen molar-refractivity contribution in [2.75, 3.05) is 32.5 Å². The first-order valence-electron chi connectivity index (χ1n) is 7.12. The molecule has 0 aromatic carbocycles. The second-order valence-electron chi connectivity index (χ2n) is 5.35. The van der Waals surface area contributed by atoms with E-state index in [2.05, 4.69) is 16.6 Å². The average molecular weight is 306 g/mol. The van der Waals surface area contributed by atoms with Crippen LogP contribution in [-0.4, -0.2) is 68.2 Å². The normalized spacial score (nSPS) is 25.6. The van der Waals surface area contributed by atoms with E-state index in [9.17, 15) is 13.2 Å². The fourth-order valence-corrected chi connectivity index (χ4v) is 4.41. The molecule has 0 aromatic rings. The number of rotatable bonds is 6. The highest BCUT2D eigenvalue weighted by Crippen LogP contribution is 2.19. The number of carbonyl (C=O) groups is 1. The van der Waals surface area contributed by atoms with Gasteiger partial charge < -0.3 is 4.74 Å². The number of likely N-dealkylation sites (N-methyl/N-ethyl adjacent to an activating group) is 1. The van der Waals surface area contributed by atoms with E-state index >= 15 is 0 Å². The zero-order chi connectivity index (χ0) is 15.3. The second-order valence-corrected chi connectivity index (χ2v) is 7.39. The van der Waals surface area contributed by atoms with E-state index in [1.165, 1.54) is 7.11 Å². The molecule has 1 saturated heterocycles. The largest absolute Gasteiger partial charge is 0.469 e. The number of piperazine rings is 1. The summed E-state index contributed by atoms with van der Waals surface area (Å²) in [7, 11) is -1.99. The Morgan fingerprint density at radius 1 is 1.25 bits per heavy atom. The molecule has 0 aromatic heterocycles. The van der Waals surface area contributed by atoms with Crippen molar-refractivity contribution < 1.29 is 17.9 Å². The molecule has 0 saturated carbocycles. The summed E-state index contributed by atoms with van der Waals surface area (Å²) in [6.07, 6.45) is 0.457. The van der Waals surface area contributed by atoms with E-state index in [4.69, 9.17) is 0 Å². The fourth-order valence-electron chi connectivity index (χ4n) is 2.61. The molecule has 0 spiro atoms. The standard InChI is InChI=1S/C13H26N2O4S/c1-5-14-9-12(3)15(10-11(14)2)20(17,18)8-6-7-13(16)19-4/h11-12H,5-10H2,1-4H3/t11-,12+/m0/s1. The van der Waals surface area contributed by atoms with Gasteiger partial charge in [-0.05, 0) is 26.8 Å². The van der Waals surface area contributed by atoms with Gasteiger partial charge in [-0.25, -0.2) is 8.42 Å². The molecule has 6 nitrogen and oxygen atoms in total. The minimum absolute atomic E-state index is 0.00524. The number of carbonyl (C=O) groups excluding carboxylic acids is 1. The third-order valence-corrected chi connectivity index (χ3v) is 5.86. The summed E-state index contributed by atoms with van der Waals surface area (Å²) in [5.41, 5.74) is 0. The topological polar surface area (TPSA) is 66.9 Å². The van der Waals surface area contributed by atoms with E-state index in [0.717, 1.165) is 13.1 Å². The van der Waals surface area contributed by atoms with Gasteiger partial charge in [0.25, 0.3) is 0 Å². The van der Waals surface area contributed by atoms with Crippen LogP contribution >= 0.6 is 0 Å².